The number of ketones is 1. The summed E-state index contributed by atoms with van der Waals surface area (Å²) in [5.74, 6) is 11.2. The number of benzene rings is 2. The van der Waals surface area contributed by atoms with E-state index in [4.69, 9.17) is 0 Å². The molecule has 0 N–H and O–H groups in total. The molecule has 0 aliphatic heterocycles. The van der Waals surface area contributed by atoms with Crippen molar-refractivity contribution in [3.63, 3.8) is 0 Å². The number of hydrogen-bond donors (Lipinski definition) is 0. The summed E-state index contributed by atoms with van der Waals surface area (Å²) in [4.78, 5) is 28.7. The highest BCUT2D eigenvalue weighted by Gasteiger charge is 1.99. The molecule has 0 atom stereocenters. The fourth-order valence-electron chi connectivity index (χ4n) is 2.76. The van der Waals surface area contributed by atoms with Crippen molar-refractivity contribution in [2.24, 2.45) is 0 Å². The van der Waals surface area contributed by atoms with Crippen LogP contribution in [0.2, 0.25) is 0 Å². The van der Waals surface area contributed by atoms with Crippen molar-refractivity contribution in [1.29, 1.82) is 0 Å². The fraction of sp³-hybridized carbons (Fsp3) is 0.0385. The number of carbonyl (C=O) groups excluding carboxylic acids is 1. The van der Waals surface area contributed by atoms with E-state index in [0.29, 0.717) is 0 Å². The van der Waals surface area contributed by atoms with Gasteiger partial charge < -0.3 is 0 Å². The Balaban J connectivity index is 1.34. The Hall–Kier alpha value is -4.61. The predicted octanol–water partition coefficient (Wildman–Crippen LogP) is 3.96. The molecule has 5 heteroatoms. The van der Waals surface area contributed by atoms with Gasteiger partial charge in [-0.1, -0.05) is 42.0 Å². The van der Waals surface area contributed by atoms with E-state index in [9.17, 15) is 4.79 Å². The molecular formula is C26H16N4O. The summed E-state index contributed by atoms with van der Waals surface area (Å²) in [5.41, 5.74) is 5.09. The third-order valence-corrected chi connectivity index (χ3v) is 4.32. The highest BCUT2D eigenvalue weighted by molar-refractivity contribution is 5.97. The van der Waals surface area contributed by atoms with Gasteiger partial charge in [-0.15, -0.1) is 0 Å². The highest BCUT2D eigenvalue weighted by Crippen LogP contribution is 2.16. The zero-order valence-corrected chi connectivity index (χ0v) is 16.5. The van der Waals surface area contributed by atoms with Crippen LogP contribution in [0.1, 0.15) is 17.5 Å². The van der Waals surface area contributed by atoms with Gasteiger partial charge in [-0.25, -0.2) is 0 Å². The Morgan fingerprint density at radius 1 is 0.677 bits per heavy atom. The number of nitrogens with zero attached hydrogens (tertiary/aromatic N) is 4. The molecule has 31 heavy (non-hydrogen) atoms. The molecule has 2 heterocycles. The van der Waals surface area contributed by atoms with Crippen molar-refractivity contribution in [2.75, 3.05) is 0 Å². The van der Waals surface area contributed by atoms with Crippen molar-refractivity contribution in [2.45, 2.75) is 6.42 Å². The maximum absolute atomic E-state index is 12.0. The normalized spacial score (nSPS) is 9.68. The number of rotatable bonds is 3. The molecule has 2 aromatic heterocycles. The van der Waals surface area contributed by atoms with E-state index in [-0.39, 0.29) is 12.2 Å². The van der Waals surface area contributed by atoms with Gasteiger partial charge in [-0.2, -0.15) is 0 Å². The van der Waals surface area contributed by atoms with E-state index < -0.39 is 0 Å². The van der Waals surface area contributed by atoms with Crippen molar-refractivity contribution in [3.05, 3.63) is 96.8 Å². The third-order valence-electron chi connectivity index (χ3n) is 4.32. The summed E-state index contributed by atoms with van der Waals surface area (Å²) >= 11 is 0. The van der Waals surface area contributed by atoms with Gasteiger partial charge in [0.1, 0.15) is 0 Å². The molecule has 0 bridgehead atoms. The largest absolute Gasteiger partial charge is 0.284 e. The van der Waals surface area contributed by atoms with Gasteiger partial charge in [0.05, 0.1) is 30.2 Å². The fourth-order valence-corrected chi connectivity index (χ4v) is 2.76. The van der Waals surface area contributed by atoms with Crippen LogP contribution in [0.5, 0.6) is 0 Å². The smallest absolute Gasteiger partial charge is 0.217 e. The predicted molar refractivity (Wildman–Crippen MR) is 118 cm³/mol. The minimum absolute atomic E-state index is 0.0800. The van der Waals surface area contributed by atoms with Crippen molar-refractivity contribution in [3.8, 4) is 46.2 Å². The average Bonchev–Trinajstić information content (AvgIpc) is 2.85. The van der Waals surface area contributed by atoms with Crippen molar-refractivity contribution >= 4 is 5.78 Å². The standard InChI is InChI=1S/C26H16N4O/c31-24(13-8-21-6-11-23(12-7-21)26-19-28-15-17-30-26)3-1-2-20-4-9-22(10-5-20)25-18-27-14-16-29-25/h4-7,9-12,14-19H,3H2. The van der Waals surface area contributed by atoms with E-state index in [1.807, 2.05) is 48.5 Å². The molecule has 5 nitrogen and oxygen atoms in total. The van der Waals surface area contributed by atoms with Crippen LogP contribution in [0.25, 0.3) is 22.5 Å². The summed E-state index contributed by atoms with van der Waals surface area (Å²) in [5, 5.41) is 0. The van der Waals surface area contributed by atoms with Gasteiger partial charge in [-0.05, 0) is 30.2 Å². The van der Waals surface area contributed by atoms with Gasteiger partial charge in [0.15, 0.2) is 0 Å². The first-order chi connectivity index (χ1) is 15.3. The SMILES string of the molecule is O=C(C#Cc1ccc(-c2cnccn2)cc1)CC#Cc1ccc(-c2cnccn2)cc1. The number of hydrogen-bond acceptors (Lipinski definition) is 5. The van der Waals surface area contributed by atoms with Crippen LogP contribution in [0, 0.1) is 23.7 Å². The van der Waals surface area contributed by atoms with Crippen LogP contribution in [0.4, 0.5) is 0 Å². The lowest BCUT2D eigenvalue weighted by Crippen LogP contribution is -1.91. The molecule has 0 aliphatic carbocycles. The molecule has 0 spiro atoms. The van der Waals surface area contributed by atoms with Crippen LogP contribution < -0.4 is 0 Å². The first kappa shape index (κ1) is 19.7. The summed E-state index contributed by atoms with van der Waals surface area (Å²) in [7, 11) is 0. The Kier molecular flexibility index (Phi) is 6.18. The van der Waals surface area contributed by atoms with E-state index in [1.165, 1.54) is 0 Å². The maximum atomic E-state index is 12.0. The summed E-state index contributed by atoms with van der Waals surface area (Å²) in [6.07, 6.45) is 10.1. The first-order valence-corrected chi connectivity index (χ1v) is 9.54. The van der Waals surface area contributed by atoms with E-state index in [0.717, 1.165) is 33.6 Å². The number of carbonyl (C=O) groups is 1. The van der Waals surface area contributed by atoms with Crippen molar-refractivity contribution < 1.29 is 4.79 Å². The Labute approximate surface area is 180 Å². The van der Waals surface area contributed by atoms with Gasteiger partial charge >= 0.3 is 0 Å². The van der Waals surface area contributed by atoms with E-state index >= 15 is 0 Å². The Bertz CT molecular complexity index is 1290. The second kappa shape index (κ2) is 9.73. The molecule has 0 saturated heterocycles. The van der Waals surface area contributed by atoms with Crippen LogP contribution >= 0.6 is 0 Å². The van der Waals surface area contributed by atoms with Crippen LogP contribution in [0.15, 0.2) is 85.7 Å². The molecular weight excluding hydrogens is 384 g/mol. The van der Waals surface area contributed by atoms with Crippen LogP contribution in [0.3, 0.4) is 0 Å². The minimum atomic E-state index is -0.221. The quantitative estimate of drug-likeness (QED) is 0.487. The molecule has 0 fully saturated rings. The second-order valence-electron chi connectivity index (χ2n) is 6.49. The minimum Gasteiger partial charge on any atom is -0.284 e. The molecule has 0 radical (unpaired) electrons. The second-order valence-corrected chi connectivity index (χ2v) is 6.49. The Morgan fingerprint density at radius 3 is 1.68 bits per heavy atom. The lowest BCUT2D eigenvalue weighted by atomic mass is 10.1. The molecule has 2 aromatic carbocycles. The van der Waals surface area contributed by atoms with Crippen LogP contribution in [-0.2, 0) is 4.79 Å². The van der Waals surface area contributed by atoms with E-state index in [1.54, 1.807) is 37.2 Å². The summed E-state index contributed by atoms with van der Waals surface area (Å²) < 4.78 is 0. The number of aromatic nitrogens is 4. The molecule has 0 saturated carbocycles. The maximum Gasteiger partial charge on any atom is 0.217 e. The van der Waals surface area contributed by atoms with Crippen LogP contribution in [-0.4, -0.2) is 25.7 Å². The molecule has 0 amide bonds. The third kappa shape index (κ3) is 5.47. The average molecular weight is 400 g/mol. The summed E-state index contributed by atoms with van der Waals surface area (Å²) in [6.45, 7) is 0. The zero-order valence-electron chi connectivity index (χ0n) is 16.5. The van der Waals surface area contributed by atoms with E-state index in [2.05, 4.69) is 43.6 Å². The molecule has 4 aromatic rings. The monoisotopic (exact) mass is 400 g/mol. The highest BCUT2D eigenvalue weighted by atomic mass is 16.1. The molecule has 0 unspecified atom stereocenters. The summed E-state index contributed by atoms with van der Waals surface area (Å²) in [6, 6.07) is 15.2. The topological polar surface area (TPSA) is 68.6 Å². The Morgan fingerprint density at radius 2 is 1.19 bits per heavy atom. The van der Waals surface area contributed by atoms with Gasteiger partial charge in [0.25, 0.3) is 0 Å². The molecule has 146 valence electrons. The first-order valence-electron chi connectivity index (χ1n) is 9.54. The van der Waals surface area contributed by atoms with Gasteiger partial charge in [0, 0.05) is 47.0 Å². The zero-order chi connectivity index (χ0) is 21.3. The number of Topliss-reactive ketones (excluding diaryl/α,β-unsaturated/α-hetero) is 1. The lowest BCUT2D eigenvalue weighted by Gasteiger charge is -1.99. The lowest BCUT2D eigenvalue weighted by molar-refractivity contribution is -0.112. The molecule has 4 rings (SSSR count). The van der Waals surface area contributed by atoms with Crippen molar-refractivity contribution in [1.82, 2.24) is 19.9 Å². The van der Waals surface area contributed by atoms with Gasteiger partial charge in [-0.3, -0.25) is 24.7 Å². The molecule has 0 aliphatic rings. The van der Waals surface area contributed by atoms with Gasteiger partial charge in [0.2, 0.25) is 5.78 Å².